The van der Waals surface area contributed by atoms with Crippen molar-refractivity contribution < 1.29 is 29.1 Å². The molecule has 3 amide bonds. The van der Waals surface area contributed by atoms with Crippen LogP contribution in [-0.4, -0.2) is 64.7 Å². The second-order valence-corrected chi connectivity index (χ2v) is 8.52. The highest BCUT2D eigenvalue weighted by molar-refractivity contribution is 6.33. The fourth-order valence-electron chi connectivity index (χ4n) is 3.66. The maximum absolute atomic E-state index is 13.4. The van der Waals surface area contributed by atoms with E-state index in [1.54, 1.807) is 0 Å². The molecule has 11 heteroatoms. The van der Waals surface area contributed by atoms with E-state index in [9.17, 15) is 24.0 Å². The van der Waals surface area contributed by atoms with Crippen molar-refractivity contribution in [1.29, 1.82) is 0 Å². The molecule has 2 rings (SSSR count). The van der Waals surface area contributed by atoms with Gasteiger partial charge in [-0.25, -0.2) is 0 Å². The Hall–Kier alpha value is -3.14. The van der Waals surface area contributed by atoms with Crippen LogP contribution in [0.3, 0.4) is 0 Å². The van der Waals surface area contributed by atoms with Gasteiger partial charge in [-0.2, -0.15) is 0 Å². The number of amides is 3. The minimum atomic E-state index is -1.23. The van der Waals surface area contributed by atoms with Crippen molar-refractivity contribution in [1.82, 2.24) is 15.5 Å². The summed E-state index contributed by atoms with van der Waals surface area (Å²) in [5.41, 5.74) is 6.26. The third-order valence-electron chi connectivity index (χ3n) is 5.75. The highest BCUT2D eigenvalue weighted by Crippen LogP contribution is 2.23. The molecule has 0 aliphatic carbocycles. The van der Waals surface area contributed by atoms with Crippen LogP contribution in [0.2, 0.25) is 5.02 Å². The van der Waals surface area contributed by atoms with Crippen LogP contribution in [0.4, 0.5) is 5.69 Å². The monoisotopic (exact) mass is 480 g/mol. The van der Waals surface area contributed by atoms with Crippen molar-refractivity contribution >= 4 is 47.3 Å². The number of anilines is 1. The van der Waals surface area contributed by atoms with Gasteiger partial charge in [0.15, 0.2) is 0 Å². The number of nitrogen functional groups attached to an aromatic ring is 1. The summed E-state index contributed by atoms with van der Waals surface area (Å²) < 4.78 is 0. The minimum absolute atomic E-state index is 0.219. The fraction of sp³-hybridized carbons (Fsp3) is 0.500. The Morgan fingerprint density at radius 1 is 1.30 bits per heavy atom. The molecule has 0 radical (unpaired) electrons. The van der Waals surface area contributed by atoms with Gasteiger partial charge in [0.25, 0.3) is 5.91 Å². The van der Waals surface area contributed by atoms with Crippen LogP contribution in [0.1, 0.15) is 49.9 Å². The van der Waals surface area contributed by atoms with E-state index in [-0.39, 0.29) is 16.5 Å². The molecule has 0 aromatic heterocycles. The maximum Gasteiger partial charge on any atom is 0.305 e. The van der Waals surface area contributed by atoms with Gasteiger partial charge in [-0.1, -0.05) is 31.9 Å². The Morgan fingerprint density at radius 3 is 2.58 bits per heavy atom. The number of nitrogens with one attached hydrogen (secondary N) is 2. The number of aliphatic carboxylic acids is 1. The molecule has 5 N–H and O–H groups in total. The van der Waals surface area contributed by atoms with Gasteiger partial charge in [0, 0.05) is 12.1 Å². The fourth-order valence-corrected chi connectivity index (χ4v) is 3.84. The topological polar surface area (TPSA) is 159 Å². The van der Waals surface area contributed by atoms with E-state index >= 15 is 0 Å². The van der Waals surface area contributed by atoms with Gasteiger partial charge in [-0.3, -0.25) is 19.2 Å². The standard InChI is InChI=1S/C22H29ClN4O6/c1-3-12(2)19(26-20(31)13-6-7-16(24)15(23)9-13)22(33)27-8-4-5-17(27)21(32)25-14(11-28)10-18(29)30/h6-7,9,11-12,14,17,19H,3-5,8,10,24H2,1-2H3,(H,25,32)(H,26,31)(H,29,30)/t12?,14-,17-,19-/m0/s1. The smallest absolute Gasteiger partial charge is 0.305 e. The molecule has 1 aromatic rings. The zero-order valence-electron chi connectivity index (χ0n) is 18.5. The number of nitrogens with two attached hydrogens (primary N) is 1. The molecule has 180 valence electrons. The van der Waals surface area contributed by atoms with Crippen molar-refractivity contribution in [3.63, 3.8) is 0 Å². The van der Waals surface area contributed by atoms with Crippen LogP contribution in [0, 0.1) is 5.92 Å². The molecule has 0 spiro atoms. The lowest BCUT2D eigenvalue weighted by Gasteiger charge is -2.31. The predicted molar refractivity (Wildman–Crippen MR) is 122 cm³/mol. The highest BCUT2D eigenvalue weighted by Gasteiger charge is 2.39. The molecule has 0 bridgehead atoms. The first-order chi connectivity index (χ1) is 15.6. The van der Waals surface area contributed by atoms with Gasteiger partial charge in [-0.15, -0.1) is 0 Å². The van der Waals surface area contributed by atoms with Gasteiger partial charge < -0.3 is 31.2 Å². The first-order valence-corrected chi connectivity index (χ1v) is 11.1. The van der Waals surface area contributed by atoms with Crippen molar-refractivity contribution in [2.75, 3.05) is 12.3 Å². The Labute approximate surface area is 196 Å². The summed E-state index contributed by atoms with van der Waals surface area (Å²) in [6.45, 7) is 4.00. The number of benzene rings is 1. The normalized spacial score (nSPS) is 18.2. The summed E-state index contributed by atoms with van der Waals surface area (Å²) in [5, 5.41) is 14.2. The number of hydrogen-bond acceptors (Lipinski definition) is 6. The van der Waals surface area contributed by atoms with Crippen molar-refractivity contribution in [3.8, 4) is 0 Å². The van der Waals surface area contributed by atoms with Gasteiger partial charge in [0.2, 0.25) is 11.8 Å². The quantitative estimate of drug-likeness (QED) is 0.289. The van der Waals surface area contributed by atoms with E-state index in [2.05, 4.69) is 10.6 Å². The van der Waals surface area contributed by atoms with Crippen LogP contribution in [0.5, 0.6) is 0 Å². The Morgan fingerprint density at radius 2 is 2.00 bits per heavy atom. The van der Waals surface area contributed by atoms with E-state index < -0.39 is 48.2 Å². The van der Waals surface area contributed by atoms with Crippen molar-refractivity contribution in [3.05, 3.63) is 28.8 Å². The van der Waals surface area contributed by atoms with E-state index in [1.807, 2.05) is 13.8 Å². The Kier molecular flexibility index (Phi) is 9.22. The highest BCUT2D eigenvalue weighted by atomic mass is 35.5. The molecule has 4 atom stereocenters. The van der Waals surface area contributed by atoms with E-state index in [0.717, 1.165) is 0 Å². The van der Waals surface area contributed by atoms with Crippen LogP contribution in [0.25, 0.3) is 0 Å². The second kappa shape index (κ2) is 11.6. The number of carboxylic acids is 1. The molecule has 1 aromatic carbocycles. The number of halogens is 1. The number of likely N-dealkylation sites (tertiary alicyclic amines) is 1. The first-order valence-electron chi connectivity index (χ1n) is 10.7. The molecule has 1 heterocycles. The van der Waals surface area contributed by atoms with Crippen LogP contribution < -0.4 is 16.4 Å². The van der Waals surface area contributed by atoms with Gasteiger partial charge in [0.1, 0.15) is 18.4 Å². The average Bonchev–Trinajstić information content (AvgIpc) is 3.27. The number of carboxylic acid groups (broad SMARTS) is 1. The molecule has 1 unspecified atom stereocenters. The van der Waals surface area contributed by atoms with E-state index in [4.69, 9.17) is 22.4 Å². The third-order valence-corrected chi connectivity index (χ3v) is 6.08. The summed E-state index contributed by atoms with van der Waals surface area (Å²) >= 11 is 6.00. The lowest BCUT2D eigenvalue weighted by Crippen LogP contribution is -2.56. The lowest BCUT2D eigenvalue weighted by atomic mass is 9.96. The summed E-state index contributed by atoms with van der Waals surface area (Å²) in [5.74, 6) is -2.98. The number of carbonyl (C=O) groups is 5. The molecular weight excluding hydrogens is 452 g/mol. The summed E-state index contributed by atoms with van der Waals surface area (Å²) in [7, 11) is 0. The van der Waals surface area contributed by atoms with E-state index in [1.165, 1.54) is 23.1 Å². The maximum atomic E-state index is 13.4. The van der Waals surface area contributed by atoms with Gasteiger partial charge in [0.05, 0.1) is 23.2 Å². The van der Waals surface area contributed by atoms with Crippen LogP contribution >= 0.6 is 11.6 Å². The number of aldehydes is 1. The lowest BCUT2D eigenvalue weighted by molar-refractivity contribution is -0.142. The minimum Gasteiger partial charge on any atom is -0.481 e. The molecular formula is C22H29ClN4O6. The van der Waals surface area contributed by atoms with Gasteiger partial charge >= 0.3 is 5.97 Å². The number of rotatable bonds is 10. The molecule has 1 saturated heterocycles. The SMILES string of the molecule is CCC(C)[C@H](NC(=O)c1ccc(N)c(Cl)c1)C(=O)N1CCC[C@H]1C(=O)N[C@H](C=O)CC(=O)O. The molecule has 1 fully saturated rings. The van der Waals surface area contributed by atoms with Crippen molar-refractivity contribution in [2.45, 2.75) is 57.7 Å². The molecule has 10 nitrogen and oxygen atoms in total. The zero-order valence-corrected chi connectivity index (χ0v) is 19.3. The summed E-state index contributed by atoms with van der Waals surface area (Å²) in [4.78, 5) is 62.3. The average molecular weight is 481 g/mol. The second-order valence-electron chi connectivity index (χ2n) is 8.11. The first kappa shape index (κ1) is 26.1. The van der Waals surface area contributed by atoms with Gasteiger partial charge in [-0.05, 0) is 37.0 Å². The number of nitrogens with zero attached hydrogens (tertiary/aromatic N) is 1. The molecule has 33 heavy (non-hydrogen) atoms. The number of hydrogen-bond donors (Lipinski definition) is 4. The van der Waals surface area contributed by atoms with Crippen LogP contribution in [0.15, 0.2) is 18.2 Å². The zero-order chi connectivity index (χ0) is 24.7. The van der Waals surface area contributed by atoms with Crippen LogP contribution in [-0.2, 0) is 19.2 Å². The molecule has 1 aliphatic rings. The summed E-state index contributed by atoms with van der Waals surface area (Å²) in [6.07, 6.45) is 1.32. The van der Waals surface area contributed by atoms with Crippen molar-refractivity contribution in [2.24, 2.45) is 5.92 Å². The molecule has 1 aliphatic heterocycles. The third kappa shape index (κ3) is 6.67. The van der Waals surface area contributed by atoms with E-state index in [0.29, 0.717) is 37.8 Å². The molecule has 0 saturated carbocycles. The largest absolute Gasteiger partial charge is 0.481 e. The number of carbonyl (C=O) groups excluding carboxylic acids is 4. The summed E-state index contributed by atoms with van der Waals surface area (Å²) in [6, 6.07) is 1.48. The Bertz CT molecular complexity index is 924. The Balaban J connectivity index is 2.18. The predicted octanol–water partition coefficient (Wildman–Crippen LogP) is 1.22.